The number of aromatic amines is 1. The molecule has 0 unspecified atom stereocenters. The van der Waals surface area contributed by atoms with Crippen molar-refractivity contribution in [1.82, 2.24) is 9.55 Å². The Balaban J connectivity index is 0.00000188. The maximum atomic E-state index is 4.14. The summed E-state index contributed by atoms with van der Waals surface area (Å²) < 4.78 is 2.51. The van der Waals surface area contributed by atoms with Crippen LogP contribution in [0.5, 0.6) is 0 Å². The van der Waals surface area contributed by atoms with Gasteiger partial charge in [-0.15, -0.1) is 0 Å². The SMILES string of the molecule is C=C/C=C(\CCn1c2ccc(C=C)c(/C=C\C)c2c2c(/C=C\C)c(CC)ccc21)c1ccc2[nH]c3ccccc3c2c1.CC. The Morgan fingerprint density at radius 2 is 1.48 bits per heavy atom. The number of para-hydroxylation sites is 1. The predicted octanol–water partition coefficient (Wildman–Crippen LogP) is 12.4. The number of H-pyrrole nitrogens is 1. The van der Waals surface area contributed by atoms with E-state index in [-0.39, 0.29) is 0 Å². The fourth-order valence-electron chi connectivity index (χ4n) is 6.56. The molecular formula is C42H44N2. The lowest BCUT2D eigenvalue weighted by molar-refractivity contribution is 0.770. The minimum Gasteiger partial charge on any atom is -0.355 e. The third kappa shape index (κ3) is 5.37. The largest absolute Gasteiger partial charge is 0.355 e. The molecule has 0 aliphatic heterocycles. The topological polar surface area (TPSA) is 20.7 Å². The van der Waals surface area contributed by atoms with Crippen LogP contribution >= 0.6 is 0 Å². The van der Waals surface area contributed by atoms with Gasteiger partial charge in [-0.3, -0.25) is 0 Å². The van der Waals surface area contributed by atoms with Gasteiger partial charge in [0.05, 0.1) is 0 Å². The molecule has 1 N–H and O–H groups in total. The van der Waals surface area contributed by atoms with E-state index in [1.807, 2.05) is 26.0 Å². The molecule has 0 amide bonds. The molecule has 0 saturated heterocycles. The monoisotopic (exact) mass is 576 g/mol. The minimum atomic E-state index is 0.856. The first-order chi connectivity index (χ1) is 21.6. The lowest BCUT2D eigenvalue weighted by atomic mass is 9.94. The molecule has 0 spiro atoms. The fourth-order valence-corrected chi connectivity index (χ4v) is 6.56. The number of hydrogen-bond donors (Lipinski definition) is 1. The molecule has 0 aliphatic carbocycles. The molecule has 0 radical (unpaired) electrons. The number of nitrogens with zero attached hydrogens (tertiary/aromatic N) is 1. The van der Waals surface area contributed by atoms with Gasteiger partial charge >= 0.3 is 0 Å². The van der Waals surface area contributed by atoms with Gasteiger partial charge in [-0.2, -0.15) is 0 Å². The summed E-state index contributed by atoms with van der Waals surface area (Å²) in [5, 5.41) is 5.14. The van der Waals surface area contributed by atoms with Crippen LogP contribution in [0.15, 0.2) is 104 Å². The van der Waals surface area contributed by atoms with Crippen molar-refractivity contribution in [3.05, 3.63) is 132 Å². The second-order valence-electron chi connectivity index (χ2n) is 10.8. The summed E-state index contributed by atoms with van der Waals surface area (Å²) in [6.45, 7) is 19.5. The van der Waals surface area contributed by atoms with Crippen molar-refractivity contribution in [3.8, 4) is 0 Å². The lowest BCUT2D eigenvalue weighted by Gasteiger charge is -2.13. The lowest BCUT2D eigenvalue weighted by Crippen LogP contribution is -2.00. The van der Waals surface area contributed by atoms with E-state index in [0.29, 0.717) is 0 Å². The fraction of sp³-hybridized carbons (Fsp3) is 0.190. The van der Waals surface area contributed by atoms with E-state index in [4.69, 9.17) is 0 Å². The molecule has 0 aliphatic rings. The van der Waals surface area contributed by atoms with Crippen molar-refractivity contribution in [3.63, 3.8) is 0 Å². The van der Waals surface area contributed by atoms with Gasteiger partial charge in [-0.25, -0.2) is 0 Å². The maximum Gasteiger partial charge on any atom is 0.0498 e. The van der Waals surface area contributed by atoms with Crippen LogP contribution in [0.4, 0.5) is 0 Å². The molecule has 2 aromatic heterocycles. The molecule has 6 aromatic rings. The van der Waals surface area contributed by atoms with Gasteiger partial charge in [0, 0.05) is 50.2 Å². The Morgan fingerprint density at radius 1 is 0.795 bits per heavy atom. The Hall–Kier alpha value is -4.82. The van der Waals surface area contributed by atoms with Gasteiger partial charge in [0.1, 0.15) is 0 Å². The van der Waals surface area contributed by atoms with Gasteiger partial charge in [0.2, 0.25) is 0 Å². The summed E-state index contributed by atoms with van der Waals surface area (Å²) in [5.74, 6) is 0. The molecule has 2 heterocycles. The van der Waals surface area contributed by atoms with Crippen LogP contribution in [0, 0.1) is 0 Å². The van der Waals surface area contributed by atoms with E-state index < -0.39 is 0 Å². The number of aromatic nitrogens is 2. The maximum absolute atomic E-state index is 4.14. The molecule has 0 bridgehead atoms. The van der Waals surface area contributed by atoms with Crippen LogP contribution in [-0.4, -0.2) is 9.55 Å². The highest BCUT2D eigenvalue weighted by atomic mass is 15.0. The molecule has 2 nitrogen and oxygen atoms in total. The van der Waals surface area contributed by atoms with Crippen molar-refractivity contribution in [1.29, 1.82) is 0 Å². The van der Waals surface area contributed by atoms with Crippen molar-refractivity contribution < 1.29 is 0 Å². The normalized spacial score (nSPS) is 12.2. The highest BCUT2D eigenvalue weighted by Gasteiger charge is 2.19. The smallest absolute Gasteiger partial charge is 0.0498 e. The zero-order valence-electron chi connectivity index (χ0n) is 26.9. The van der Waals surface area contributed by atoms with E-state index in [1.54, 1.807) is 0 Å². The first-order valence-corrected chi connectivity index (χ1v) is 15.9. The highest BCUT2D eigenvalue weighted by molar-refractivity contribution is 6.16. The second-order valence-corrected chi connectivity index (χ2v) is 10.8. The number of rotatable bonds is 9. The Morgan fingerprint density at radius 3 is 2.18 bits per heavy atom. The number of allylic oxidation sites excluding steroid dienone is 5. The molecule has 44 heavy (non-hydrogen) atoms. The van der Waals surface area contributed by atoms with Crippen molar-refractivity contribution in [2.24, 2.45) is 0 Å². The van der Waals surface area contributed by atoms with Crippen molar-refractivity contribution in [2.45, 2.75) is 54.0 Å². The van der Waals surface area contributed by atoms with Crippen LogP contribution < -0.4 is 0 Å². The summed E-state index contributed by atoms with van der Waals surface area (Å²) in [6, 6.07) is 24.4. The summed E-state index contributed by atoms with van der Waals surface area (Å²) in [7, 11) is 0. The average Bonchev–Trinajstić information content (AvgIpc) is 3.60. The summed E-state index contributed by atoms with van der Waals surface area (Å²) >= 11 is 0. The zero-order valence-corrected chi connectivity index (χ0v) is 26.9. The zero-order chi connectivity index (χ0) is 31.2. The summed E-state index contributed by atoms with van der Waals surface area (Å²) in [6.07, 6.45) is 16.8. The van der Waals surface area contributed by atoms with E-state index >= 15 is 0 Å². The first-order valence-electron chi connectivity index (χ1n) is 15.9. The molecular weight excluding hydrogens is 532 g/mol. The molecule has 4 aromatic carbocycles. The van der Waals surface area contributed by atoms with Gasteiger partial charge in [0.25, 0.3) is 0 Å². The van der Waals surface area contributed by atoms with Crippen LogP contribution in [0.1, 0.15) is 68.9 Å². The Bertz CT molecular complexity index is 2070. The van der Waals surface area contributed by atoms with Crippen molar-refractivity contribution >= 4 is 67.4 Å². The standard InChI is InChI=1S/C40H38N2.C2H6/c1-6-13-29(30-18-21-36-34(26-30)33-16-11-12-17-35(33)41-36)24-25-42-37-22-19-27(9-4)31(14-7-2)39(37)40-32(15-8-3)28(10-5)20-23-38(40)42;1-2/h6-9,11-23,26,41H,1,4,10,24-25H2,2-3,5H3;1-2H3/b14-7-,15-8-,29-13+;. The summed E-state index contributed by atoms with van der Waals surface area (Å²) in [5.41, 5.74) is 12.5. The first kappa shape index (κ1) is 30.6. The Labute approximate surface area is 262 Å². The molecule has 0 fully saturated rings. The number of nitrogens with one attached hydrogen (secondary N) is 1. The van der Waals surface area contributed by atoms with Crippen LogP contribution in [0.2, 0.25) is 0 Å². The second kappa shape index (κ2) is 13.7. The van der Waals surface area contributed by atoms with Gasteiger partial charge in [-0.1, -0.05) is 113 Å². The van der Waals surface area contributed by atoms with E-state index in [2.05, 4.69) is 141 Å². The number of fused-ring (bicyclic) bond motifs is 6. The molecule has 222 valence electrons. The van der Waals surface area contributed by atoms with Crippen LogP contribution in [-0.2, 0) is 13.0 Å². The quantitative estimate of drug-likeness (QED) is 0.165. The predicted molar refractivity (Wildman–Crippen MR) is 198 cm³/mol. The third-order valence-corrected chi connectivity index (χ3v) is 8.47. The highest BCUT2D eigenvalue weighted by Crippen LogP contribution is 2.39. The molecule has 6 rings (SSSR count). The van der Waals surface area contributed by atoms with Gasteiger partial charge in [0.15, 0.2) is 0 Å². The minimum absolute atomic E-state index is 0.856. The van der Waals surface area contributed by atoms with E-state index in [0.717, 1.165) is 30.5 Å². The average molecular weight is 577 g/mol. The molecule has 0 saturated carbocycles. The van der Waals surface area contributed by atoms with Gasteiger partial charge < -0.3 is 9.55 Å². The van der Waals surface area contributed by atoms with Crippen LogP contribution in [0.3, 0.4) is 0 Å². The third-order valence-electron chi connectivity index (χ3n) is 8.47. The number of benzene rings is 4. The number of hydrogen-bond acceptors (Lipinski definition) is 0. The van der Waals surface area contributed by atoms with Crippen LogP contribution in [0.25, 0.3) is 67.4 Å². The molecule has 0 atom stereocenters. The van der Waals surface area contributed by atoms with E-state index in [1.165, 1.54) is 65.9 Å². The number of aryl methyl sites for hydroxylation is 2. The van der Waals surface area contributed by atoms with Crippen molar-refractivity contribution in [2.75, 3.05) is 0 Å². The van der Waals surface area contributed by atoms with Gasteiger partial charge in [-0.05, 0) is 90.4 Å². The Kier molecular flexibility index (Phi) is 9.50. The summed E-state index contributed by atoms with van der Waals surface area (Å²) in [4.78, 5) is 3.56. The molecule has 2 heteroatoms. The van der Waals surface area contributed by atoms with E-state index in [9.17, 15) is 0 Å².